The second-order valence-corrected chi connectivity index (χ2v) is 7.49. The minimum atomic E-state index is 0.639. The molecule has 1 fully saturated rings. The predicted octanol–water partition coefficient (Wildman–Crippen LogP) is 4.13. The van der Waals surface area contributed by atoms with Gasteiger partial charge in [0.1, 0.15) is 0 Å². The number of hydrogen-bond acceptors (Lipinski definition) is 5. The van der Waals surface area contributed by atoms with Crippen LogP contribution in [0.25, 0.3) is 11.4 Å². The maximum absolute atomic E-state index is 5.46. The number of para-hydroxylation sites is 1. The van der Waals surface area contributed by atoms with Crippen molar-refractivity contribution in [2.24, 2.45) is 0 Å². The highest BCUT2D eigenvalue weighted by molar-refractivity contribution is 9.10. The Morgan fingerprint density at radius 3 is 2.62 bits per heavy atom. The molecule has 2 aromatic carbocycles. The van der Waals surface area contributed by atoms with E-state index in [0.29, 0.717) is 18.3 Å². The van der Waals surface area contributed by atoms with Gasteiger partial charge in [-0.2, -0.15) is 4.98 Å². The summed E-state index contributed by atoms with van der Waals surface area (Å²) in [6.45, 7) is 6.87. The summed E-state index contributed by atoms with van der Waals surface area (Å²) in [5, 5.41) is 4.12. The number of anilines is 1. The topological polar surface area (TPSA) is 45.4 Å². The third-order valence-corrected chi connectivity index (χ3v) is 5.23. The molecule has 4 rings (SSSR count). The summed E-state index contributed by atoms with van der Waals surface area (Å²) in [6, 6.07) is 16.5. The number of aromatic nitrogens is 2. The van der Waals surface area contributed by atoms with Crippen molar-refractivity contribution in [1.29, 1.82) is 0 Å². The molecule has 26 heavy (non-hydrogen) atoms. The molecule has 1 aliphatic rings. The highest BCUT2D eigenvalue weighted by Crippen LogP contribution is 2.23. The molecule has 0 spiro atoms. The number of hydrogen-bond donors (Lipinski definition) is 0. The number of nitrogens with zero attached hydrogens (tertiary/aromatic N) is 4. The summed E-state index contributed by atoms with van der Waals surface area (Å²) < 4.78 is 6.47. The number of aryl methyl sites for hydroxylation is 1. The molecule has 0 N–H and O–H groups in total. The number of piperazine rings is 1. The molecular weight excluding hydrogens is 392 g/mol. The van der Waals surface area contributed by atoms with Crippen molar-refractivity contribution in [3.8, 4) is 11.4 Å². The maximum Gasteiger partial charge on any atom is 0.241 e. The Balaban J connectivity index is 1.37. The van der Waals surface area contributed by atoms with Crippen LogP contribution in [0.2, 0.25) is 0 Å². The first-order valence-corrected chi connectivity index (χ1v) is 9.60. The Hall–Kier alpha value is -2.18. The van der Waals surface area contributed by atoms with E-state index in [1.807, 2.05) is 24.3 Å². The van der Waals surface area contributed by atoms with Gasteiger partial charge in [-0.3, -0.25) is 4.90 Å². The maximum atomic E-state index is 5.46. The van der Waals surface area contributed by atoms with Crippen molar-refractivity contribution in [1.82, 2.24) is 15.0 Å². The van der Waals surface area contributed by atoms with Gasteiger partial charge >= 0.3 is 0 Å². The summed E-state index contributed by atoms with van der Waals surface area (Å²) in [5.74, 6) is 1.31. The van der Waals surface area contributed by atoms with Crippen LogP contribution < -0.4 is 4.90 Å². The average molecular weight is 413 g/mol. The van der Waals surface area contributed by atoms with E-state index in [-0.39, 0.29) is 0 Å². The monoisotopic (exact) mass is 412 g/mol. The first kappa shape index (κ1) is 17.2. The Bertz CT molecular complexity index is 887. The molecule has 2 heterocycles. The summed E-state index contributed by atoms with van der Waals surface area (Å²) in [7, 11) is 0. The van der Waals surface area contributed by atoms with Gasteiger partial charge in [-0.05, 0) is 30.7 Å². The van der Waals surface area contributed by atoms with E-state index in [1.54, 1.807) is 0 Å². The van der Waals surface area contributed by atoms with Gasteiger partial charge in [0.25, 0.3) is 0 Å². The normalized spacial score (nSPS) is 15.4. The lowest BCUT2D eigenvalue weighted by molar-refractivity contribution is 0.215. The van der Waals surface area contributed by atoms with Crippen LogP contribution in [-0.2, 0) is 6.54 Å². The molecule has 3 aromatic rings. The fourth-order valence-electron chi connectivity index (χ4n) is 3.32. The summed E-state index contributed by atoms with van der Waals surface area (Å²) in [5.41, 5.74) is 3.62. The van der Waals surface area contributed by atoms with Crippen molar-refractivity contribution in [3.63, 3.8) is 0 Å². The molecular formula is C20H21BrN4O. The molecule has 0 bridgehead atoms. The lowest BCUT2D eigenvalue weighted by Gasteiger charge is -2.36. The zero-order chi connectivity index (χ0) is 17.9. The van der Waals surface area contributed by atoms with Crippen molar-refractivity contribution >= 4 is 21.6 Å². The van der Waals surface area contributed by atoms with Gasteiger partial charge in [0.15, 0.2) is 0 Å². The van der Waals surface area contributed by atoms with E-state index in [1.165, 1.54) is 11.3 Å². The largest absolute Gasteiger partial charge is 0.369 e. The van der Waals surface area contributed by atoms with Crippen LogP contribution in [0.3, 0.4) is 0 Å². The minimum absolute atomic E-state index is 0.639. The third-order valence-electron chi connectivity index (χ3n) is 4.74. The van der Waals surface area contributed by atoms with E-state index in [9.17, 15) is 0 Å². The predicted molar refractivity (Wildman–Crippen MR) is 106 cm³/mol. The molecule has 1 aromatic heterocycles. The molecule has 0 amide bonds. The van der Waals surface area contributed by atoms with E-state index in [0.717, 1.165) is 36.2 Å². The standard InChI is InChI=1S/C20H21BrN4O/c1-15-5-2-3-8-18(15)25-11-9-24(10-12-25)14-19-22-20(23-26-19)16-6-4-7-17(21)13-16/h2-8,13H,9-12,14H2,1H3. The van der Waals surface area contributed by atoms with Gasteiger partial charge in [-0.15, -0.1) is 0 Å². The van der Waals surface area contributed by atoms with Crippen molar-refractivity contribution < 1.29 is 4.52 Å². The summed E-state index contributed by atoms with van der Waals surface area (Å²) in [4.78, 5) is 9.37. The van der Waals surface area contributed by atoms with E-state index >= 15 is 0 Å². The third kappa shape index (κ3) is 3.81. The number of halogens is 1. The smallest absolute Gasteiger partial charge is 0.241 e. The van der Waals surface area contributed by atoms with Crippen molar-refractivity contribution in [2.75, 3.05) is 31.1 Å². The van der Waals surface area contributed by atoms with Crippen molar-refractivity contribution in [2.45, 2.75) is 13.5 Å². The van der Waals surface area contributed by atoms with E-state index < -0.39 is 0 Å². The van der Waals surface area contributed by atoms with Crippen molar-refractivity contribution in [3.05, 3.63) is 64.5 Å². The van der Waals surface area contributed by atoms with Gasteiger partial charge in [-0.1, -0.05) is 51.4 Å². The molecule has 134 valence electrons. The van der Waals surface area contributed by atoms with Crippen LogP contribution in [0, 0.1) is 6.92 Å². The van der Waals surface area contributed by atoms with Crippen LogP contribution in [0.4, 0.5) is 5.69 Å². The van der Waals surface area contributed by atoms with Gasteiger partial charge in [0, 0.05) is 41.9 Å². The number of benzene rings is 2. The van der Waals surface area contributed by atoms with Crippen LogP contribution >= 0.6 is 15.9 Å². The zero-order valence-corrected chi connectivity index (χ0v) is 16.3. The van der Waals surface area contributed by atoms with Crippen LogP contribution in [0.1, 0.15) is 11.5 Å². The minimum Gasteiger partial charge on any atom is -0.369 e. The van der Waals surface area contributed by atoms with Crippen LogP contribution in [0.5, 0.6) is 0 Å². The molecule has 0 saturated carbocycles. The number of rotatable bonds is 4. The summed E-state index contributed by atoms with van der Waals surface area (Å²) in [6.07, 6.45) is 0. The zero-order valence-electron chi connectivity index (χ0n) is 14.7. The fourth-order valence-corrected chi connectivity index (χ4v) is 3.72. The Morgan fingerprint density at radius 2 is 1.85 bits per heavy atom. The van der Waals surface area contributed by atoms with Gasteiger partial charge in [-0.25, -0.2) is 0 Å². The lowest BCUT2D eigenvalue weighted by Crippen LogP contribution is -2.46. The quantitative estimate of drug-likeness (QED) is 0.644. The SMILES string of the molecule is Cc1ccccc1N1CCN(Cc2nc(-c3cccc(Br)c3)no2)CC1. The van der Waals surface area contributed by atoms with Gasteiger partial charge in [0.2, 0.25) is 11.7 Å². The lowest BCUT2D eigenvalue weighted by atomic mass is 10.1. The first-order valence-electron chi connectivity index (χ1n) is 8.80. The highest BCUT2D eigenvalue weighted by atomic mass is 79.9. The second kappa shape index (κ2) is 7.60. The van der Waals surface area contributed by atoms with Gasteiger partial charge in [0.05, 0.1) is 6.54 Å². The summed E-state index contributed by atoms with van der Waals surface area (Å²) >= 11 is 3.48. The molecule has 6 heteroatoms. The highest BCUT2D eigenvalue weighted by Gasteiger charge is 2.20. The first-order chi connectivity index (χ1) is 12.7. The molecule has 1 aliphatic heterocycles. The molecule has 5 nitrogen and oxygen atoms in total. The molecule has 0 radical (unpaired) electrons. The molecule has 1 saturated heterocycles. The van der Waals surface area contributed by atoms with E-state index in [4.69, 9.17) is 4.52 Å². The molecule has 0 unspecified atom stereocenters. The van der Waals surface area contributed by atoms with Crippen LogP contribution in [-0.4, -0.2) is 41.2 Å². The fraction of sp³-hybridized carbons (Fsp3) is 0.300. The molecule has 0 aliphatic carbocycles. The second-order valence-electron chi connectivity index (χ2n) is 6.57. The van der Waals surface area contributed by atoms with Crippen LogP contribution in [0.15, 0.2) is 57.5 Å². The molecule has 0 atom stereocenters. The van der Waals surface area contributed by atoms with Gasteiger partial charge < -0.3 is 9.42 Å². The Morgan fingerprint density at radius 1 is 1.04 bits per heavy atom. The Kier molecular flexibility index (Phi) is 5.04. The average Bonchev–Trinajstić information content (AvgIpc) is 3.12. The Labute approximate surface area is 161 Å². The van der Waals surface area contributed by atoms with E-state index in [2.05, 4.69) is 67.1 Å².